The predicted octanol–water partition coefficient (Wildman–Crippen LogP) is 2.82. The molecule has 0 saturated heterocycles. The van der Waals surface area contributed by atoms with Gasteiger partial charge in [0.1, 0.15) is 0 Å². The molecule has 0 bridgehead atoms. The summed E-state index contributed by atoms with van der Waals surface area (Å²) in [6.45, 7) is 0.789. The quantitative estimate of drug-likeness (QED) is 0.213. The Kier molecular flexibility index (Phi) is 12.1. The van der Waals surface area contributed by atoms with Crippen LogP contribution in [0.1, 0.15) is 51.4 Å². The molecule has 0 spiro atoms. The van der Waals surface area contributed by atoms with Gasteiger partial charge in [0, 0.05) is 6.54 Å². The first kappa shape index (κ1) is 15.0. The molecule has 0 aromatic heterocycles. The highest BCUT2D eigenvalue weighted by molar-refractivity contribution is 14.1. The second kappa shape index (κ2) is 12.1. The number of nitrogens with two attached hydrogens (primary N) is 2. The Bertz CT molecular complexity index is 156. The molecule has 0 saturated carbocycles. The van der Waals surface area contributed by atoms with E-state index >= 15 is 0 Å². The minimum Gasteiger partial charge on any atom is -0.370 e. The lowest BCUT2D eigenvalue weighted by Gasteiger charge is -2.00. The van der Waals surface area contributed by atoms with E-state index in [4.69, 9.17) is 11.5 Å². The van der Waals surface area contributed by atoms with E-state index < -0.39 is 0 Å². The van der Waals surface area contributed by atoms with E-state index in [0.29, 0.717) is 0 Å². The molecule has 0 aliphatic rings. The minimum atomic E-state index is 0.216. The van der Waals surface area contributed by atoms with Gasteiger partial charge in [0.2, 0.25) is 0 Å². The van der Waals surface area contributed by atoms with Gasteiger partial charge in [-0.2, -0.15) is 0 Å². The zero-order chi connectivity index (χ0) is 11.4. The molecular formula is C11H24IN3. The van der Waals surface area contributed by atoms with Crippen LogP contribution in [0, 0.1) is 0 Å². The van der Waals surface area contributed by atoms with Crippen LogP contribution < -0.4 is 11.5 Å². The summed E-state index contributed by atoms with van der Waals surface area (Å²) in [5.41, 5.74) is 10.5. The molecule has 0 heterocycles. The van der Waals surface area contributed by atoms with Gasteiger partial charge in [0.05, 0.1) is 0 Å². The van der Waals surface area contributed by atoms with E-state index in [1.807, 2.05) is 0 Å². The highest BCUT2D eigenvalue weighted by Crippen LogP contribution is 2.09. The van der Waals surface area contributed by atoms with Gasteiger partial charge >= 0.3 is 0 Å². The van der Waals surface area contributed by atoms with Crippen LogP contribution in [0.3, 0.4) is 0 Å². The van der Waals surface area contributed by atoms with E-state index in [-0.39, 0.29) is 5.96 Å². The highest BCUT2D eigenvalue weighted by atomic mass is 127. The summed E-state index contributed by atoms with van der Waals surface area (Å²) in [6.07, 6.45) is 10.6. The second-order valence-electron chi connectivity index (χ2n) is 3.82. The summed E-state index contributed by atoms with van der Waals surface area (Å²) in [6, 6.07) is 0. The molecule has 0 fully saturated rings. The van der Waals surface area contributed by atoms with Crippen LogP contribution in [0.15, 0.2) is 4.99 Å². The van der Waals surface area contributed by atoms with Gasteiger partial charge in [0.25, 0.3) is 0 Å². The third-order valence-corrected chi connectivity index (χ3v) is 3.10. The van der Waals surface area contributed by atoms with E-state index in [1.165, 1.54) is 49.4 Å². The molecule has 0 atom stereocenters. The Balaban J connectivity index is 2.96. The largest absolute Gasteiger partial charge is 0.370 e. The fraction of sp³-hybridized carbons (Fsp3) is 0.909. The molecule has 15 heavy (non-hydrogen) atoms. The summed E-state index contributed by atoms with van der Waals surface area (Å²) in [7, 11) is 0. The Morgan fingerprint density at radius 1 is 0.800 bits per heavy atom. The maximum atomic E-state index is 5.23. The normalized spacial score (nSPS) is 10.2. The number of hydrogen-bond donors (Lipinski definition) is 2. The average molecular weight is 325 g/mol. The second-order valence-corrected chi connectivity index (χ2v) is 4.90. The fourth-order valence-corrected chi connectivity index (χ4v) is 2.01. The summed E-state index contributed by atoms with van der Waals surface area (Å²) in [5, 5.41) is 0. The maximum Gasteiger partial charge on any atom is 0.185 e. The molecule has 0 unspecified atom stereocenters. The lowest BCUT2D eigenvalue weighted by atomic mass is 10.1. The Hall–Kier alpha value is 0. The number of unbranched alkanes of at least 4 members (excludes halogenated alkanes) is 7. The monoisotopic (exact) mass is 325 g/mol. The van der Waals surface area contributed by atoms with Crippen LogP contribution in [0.5, 0.6) is 0 Å². The Morgan fingerprint density at radius 2 is 1.27 bits per heavy atom. The summed E-state index contributed by atoms with van der Waals surface area (Å²) in [4.78, 5) is 3.95. The van der Waals surface area contributed by atoms with E-state index in [0.717, 1.165) is 13.0 Å². The topological polar surface area (TPSA) is 64.4 Å². The van der Waals surface area contributed by atoms with Gasteiger partial charge in [0.15, 0.2) is 5.96 Å². The third-order valence-electron chi connectivity index (χ3n) is 2.34. The fourth-order valence-electron chi connectivity index (χ4n) is 1.48. The van der Waals surface area contributed by atoms with Crippen molar-refractivity contribution in [3.8, 4) is 0 Å². The highest BCUT2D eigenvalue weighted by Gasteiger charge is 1.91. The lowest BCUT2D eigenvalue weighted by molar-refractivity contribution is 0.580. The standard InChI is InChI=1S/C11H24IN3/c12-9-7-5-3-1-2-4-6-8-10-15-11(13)14/h1-10H2,(H4,13,14,15). The van der Waals surface area contributed by atoms with Gasteiger partial charge in [-0.25, -0.2) is 0 Å². The number of halogens is 1. The first-order chi connectivity index (χ1) is 7.27. The Labute approximate surface area is 107 Å². The smallest absolute Gasteiger partial charge is 0.185 e. The predicted molar refractivity (Wildman–Crippen MR) is 76.5 cm³/mol. The van der Waals surface area contributed by atoms with E-state index in [1.54, 1.807) is 0 Å². The van der Waals surface area contributed by atoms with Crippen molar-refractivity contribution >= 4 is 28.6 Å². The molecule has 0 aromatic carbocycles. The molecule has 0 aliphatic heterocycles. The molecule has 3 nitrogen and oxygen atoms in total. The number of guanidine groups is 1. The van der Waals surface area contributed by atoms with Crippen LogP contribution in [0.25, 0.3) is 0 Å². The number of hydrogen-bond acceptors (Lipinski definition) is 1. The average Bonchev–Trinajstić information content (AvgIpc) is 2.20. The minimum absolute atomic E-state index is 0.216. The van der Waals surface area contributed by atoms with Crippen LogP contribution in [0.4, 0.5) is 0 Å². The van der Waals surface area contributed by atoms with Crippen LogP contribution in [-0.4, -0.2) is 16.9 Å². The molecule has 0 amide bonds. The van der Waals surface area contributed by atoms with Crippen LogP contribution >= 0.6 is 22.6 Å². The van der Waals surface area contributed by atoms with Crippen LogP contribution in [0.2, 0.25) is 0 Å². The zero-order valence-electron chi connectivity index (χ0n) is 9.55. The van der Waals surface area contributed by atoms with Gasteiger partial charge in [-0.3, -0.25) is 4.99 Å². The number of alkyl halides is 1. The molecular weight excluding hydrogens is 301 g/mol. The van der Waals surface area contributed by atoms with Crippen molar-refractivity contribution in [2.75, 3.05) is 11.0 Å². The summed E-state index contributed by atoms with van der Waals surface area (Å²) >= 11 is 2.44. The van der Waals surface area contributed by atoms with Gasteiger partial charge in [-0.05, 0) is 17.3 Å². The first-order valence-corrected chi connectivity index (χ1v) is 7.41. The molecule has 90 valence electrons. The van der Waals surface area contributed by atoms with Gasteiger partial charge < -0.3 is 11.5 Å². The van der Waals surface area contributed by atoms with Crippen molar-refractivity contribution in [2.24, 2.45) is 16.5 Å². The SMILES string of the molecule is NC(N)=NCCCCCCCCCCI. The van der Waals surface area contributed by atoms with Crippen molar-refractivity contribution in [3.05, 3.63) is 0 Å². The van der Waals surface area contributed by atoms with Crippen molar-refractivity contribution in [2.45, 2.75) is 51.4 Å². The molecule has 0 aromatic rings. The lowest BCUT2D eigenvalue weighted by Crippen LogP contribution is -2.22. The number of rotatable bonds is 10. The third kappa shape index (κ3) is 14.0. The molecule has 4 N–H and O–H groups in total. The number of nitrogens with zero attached hydrogens (tertiary/aromatic N) is 1. The summed E-state index contributed by atoms with van der Waals surface area (Å²) < 4.78 is 1.30. The molecule has 0 aliphatic carbocycles. The van der Waals surface area contributed by atoms with E-state index in [2.05, 4.69) is 27.6 Å². The number of aliphatic imine (C=N–C) groups is 1. The van der Waals surface area contributed by atoms with Crippen molar-refractivity contribution in [1.82, 2.24) is 0 Å². The first-order valence-electron chi connectivity index (χ1n) is 5.88. The van der Waals surface area contributed by atoms with Gasteiger partial charge in [-0.1, -0.05) is 61.1 Å². The zero-order valence-corrected chi connectivity index (χ0v) is 11.7. The Morgan fingerprint density at radius 3 is 1.73 bits per heavy atom. The summed E-state index contributed by atoms with van der Waals surface area (Å²) in [5.74, 6) is 0.216. The molecule has 0 rings (SSSR count). The molecule has 4 heteroatoms. The van der Waals surface area contributed by atoms with Crippen molar-refractivity contribution in [1.29, 1.82) is 0 Å². The maximum absolute atomic E-state index is 5.23. The van der Waals surface area contributed by atoms with Crippen molar-refractivity contribution < 1.29 is 0 Å². The van der Waals surface area contributed by atoms with Crippen molar-refractivity contribution in [3.63, 3.8) is 0 Å². The van der Waals surface area contributed by atoms with Crippen LogP contribution in [-0.2, 0) is 0 Å². The van der Waals surface area contributed by atoms with Gasteiger partial charge in [-0.15, -0.1) is 0 Å². The van der Waals surface area contributed by atoms with E-state index in [9.17, 15) is 0 Å². The molecule has 0 radical (unpaired) electrons.